The van der Waals surface area contributed by atoms with Crippen LogP contribution in [-0.4, -0.2) is 34.7 Å². The summed E-state index contributed by atoms with van der Waals surface area (Å²) in [7, 11) is 0. The van der Waals surface area contributed by atoms with Crippen LogP contribution in [0.5, 0.6) is 0 Å². The van der Waals surface area contributed by atoms with E-state index in [0.29, 0.717) is 32.0 Å². The van der Waals surface area contributed by atoms with Gasteiger partial charge in [-0.2, -0.15) is 0 Å². The summed E-state index contributed by atoms with van der Waals surface area (Å²) in [6.45, 7) is 7.98. The molecule has 2 rings (SSSR count). The second-order valence-corrected chi connectivity index (χ2v) is 7.99. The Morgan fingerprint density at radius 2 is 1.70 bits per heavy atom. The van der Waals surface area contributed by atoms with Gasteiger partial charge in [0.15, 0.2) is 0 Å². The fourth-order valence-electron chi connectivity index (χ4n) is 2.87. The first-order valence-corrected chi connectivity index (χ1v) is 10.5. The summed E-state index contributed by atoms with van der Waals surface area (Å²) in [6, 6.07) is 14.1. The van der Waals surface area contributed by atoms with Crippen LogP contribution in [0.1, 0.15) is 44.1 Å². The molecule has 0 saturated heterocycles. The molecule has 0 aliphatic heterocycles. The minimum Gasteiger partial charge on any atom is -0.333 e. The van der Waals surface area contributed by atoms with Gasteiger partial charge in [-0.05, 0) is 22.9 Å². The van der Waals surface area contributed by atoms with Crippen LogP contribution in [-0.2, 0) is 22.7 Å². The third-order valence-corrected chi connectivity index (χ3v) is 5.57. The highest BCUT2D eigenvalue weighted by Crippen LogP contribution is 2.16. The van der Waals surface area contributed by atoms with Crippen molar-refractivity contribution in [2.75, 3.05) is 13.1 Å². The molecule has 0 bridgehead atoms. The molecule has 1 aromatic carbocycles. The van der Waals surface area contributed by atoms with Crippen molar-refractivity contribution in [2.45, 2.75) is 46.7 Å². The Labute approximate surface area is 166 Å². The van der Waals surface area contributed by atoms with Gasteiger partial charge < -0.3 is 9.80 Å². The molecule has 27 heavy (non-hydrogen) atoms. The first-order chi connectivity index (χ1) is 13.0. The summed E-state index contributed by atoms with van der Waals surface area (Å²) < 4.78 is 0. The first-order valence-electron chi connectivity index (χ1n) is 9.65. The monoisotopic (exact) mass is 386 g/mol. The number of rotatable bonds is 10. The minimum atomic E-state index is -0.00245. The molecule has 4 nitrogen and oxygen atoms in total. The average molecular weight is 387 g/mol. The quantitative estimate of drug-likeness (QED) is 0.600. The number of nitrogens with zero attached hydrogens (tertiary/aromatic N) is 2. The molecule has 0 aliphatic rings. The van der Waals surface area contributed by atoms with Gasteiger partial charge in [0.05, 0.1) is 13.1 Å². The zero-order valence-corrected chi connectivity index (χ0v) is 17.4. The molecule has 2 aromatic rings. The van der Waals surface area contributed by atoms with Crippen molar-refractivity contribution >= 4 is 23.2 Å². The summed E-state index contributed by atoms with van der Waals surface area (Å²) in [6.07, 6.45) is 1.41. The fourth-order valence-corrected chi connectivity index (χ4v) is 3.59. The summed E-state index contributed by atoms with van der Waals surface area (Å²) in [5.41, 5.74) is 1.10. The second-order valence-electron chi connectivity index (χ2n) is 6.96. The Morgan fingerprint density at radius 3 is 2.30 bits per heavy atom. The molecular weight excluding hydrogens is 356 g/mol. The second kappa shape index (κ2) is 10.9. The lowest BCUT2D eigenvalue weighted by atomic mass is 10.1. The van der Waals surface area contributed by atoms with Crippen molar-refractivity contribution in [1.82, 2.24) is 9.80 Å². The molecule has 0 N–H and O–H groups in total. The van der Waals surface area contributed by atoms with E-state index in [4.69, 9.17) is 0 Å². The van der Waals surface area contributed by atoms with Gasteiger partial charge >= 0.3 is 0 Å². The minimum absolute atomic E-state index is 0.00245. The van der Waals surface area contributed by atoms with Crippen LogP contribution < -0.4 is 0 Å². The topological polar surface area (TPSA) is 40.6 Å². The van der Waals surface area contributed by atoms with Crippen LogP contribution in [0.3, 0.4) is 0 Å². The Bertz CT molecular complexity index is 700. The van der Waals surface area contributed by atoms with Crippen molar-refractivity contribution in [3.63, 3.8) is 0 Å². The van der Waals surface area contributed by atoms with Crippen molar-refractivity contribution < 1.29 is 9.59 Å². The smallest absolute Gasteiger partial charge is 0.242 e. The number of carbonyl (C=O) groups is 2. The van der Waals surface area contributed by atoms with Crippen molar-refractivity contribution in [2.24, 2.45) is 5.92 Å². The van der Waals surface area contributed by atoms with Gasteiger partial charge in [-0.25, -0.2) is 0 Å². The lowest BCUT2D eigenvalue weighted by Crippen LogP contribution is -2.43. The number of amides is 2. The molecule has 0 aliphatic carbocycles. The van der Waals surface area contributed by atoms with Crippen LogP contribution in [0.15, 0.2) is 47.8 Å². The van der Waals surface area contributed by atoms with E-state index in [9.17, 15) is 9.59 Å². The number of benzene rings is 1. The van der Waals surface area contributed by atoms with E-state index in [1.807, 2.05) is 59.7 Å². The number of hydrogen-bond acceptors (Lipinski definition) is 3. The molecule has 1 atom stereocenters. The van der Waals surface area contributed by atoms with Crippen LogP contribution in [0.2, 0.25) is 0 Å². The van der Waals surface area contributed by atoms with Gasteiger partial charge in [-0.1, -0.05) is 63.6 Å². The molecule has 146 valence electrons. The van der Waals surface area contributed by atoms with Crippen LogP contribution >= 0.6 is 11.3 Å². The van der Waals surface area contributed by atoms with E-state index >= 15 is 0 Å². The van der Waals surface area contributed by atoms with E-state index in [2.05, 4.69) is 13.8 Å². The number of carbonyl (C=O) groups excluding carboxylic acids is 2. The molecule has 2 amide bonds. The predicted molar refractivity (Wildman–Crippen MR) is 111 cm³/mol. The van der Waals surface area contributed by atoms with Gasteiger partial charge in [0.2, 0.25) is 11.8 Å². The van der Waals surface area contributed by atoms with Crippen LogP contribution in [0.4, 0.5) is 0 Å². The maximum Gasteiger partial charge on any atom is 0.242 e. The SMILES string of the molecule is CCC(=O)N(CC(=O)N(Cc1ccccc1)Cc1cccs1)C[C@H](C)CC. The molecular formula is C22H30N2O2S. The Morgan fingerprint density at radius 1 is 0.963 bits per heavy atom. The molecule has 5 heteroatoms. The Balaban J connectivity index is 2.13. The standard InChI is InChI=1S/C22H30N2O2S/c1-4-18(3)14-23(21(25)5-2)17-22(26)24(16-20-12-9-13-27-20)15-19-10-7-6-8-11-19/h6-13,18H,4-5,14-17H2,1-3H3/t18-/m1/s1. The van der Waals surface area contributed by atoms with E-state index in [1.54, 1.807) is 16.2 Å². The molecule has 0 spiro atoms. The van der Waals surface area contributed by atoms with Gasteiger partial charge in [0.25, 0.3) is 0 Å². The predicted octanol–water partition coefficient (Wildman–Crippen LogP) is 4.56. The maximum absolute atomic E-state index is 13.1. The van der Waals surface area contributed by atoms with Crippen LogP contribution in [0, 0.1) is 5.92 Å². The van der Waals surface area contributed by atoms with Gasteiger partial charge in [-0.15, -0.1) is 11.3 Å². The van der Waals surface area contributed by atoms with E-state index < -0.39 is 0 Å². The Kier molecular flexibility index (Phi) is 8.52. The van der Waals surface area contributed by atoms with Crippen molar-refractivity contribution in [1.29, 1.82) is 0 Å². The van der Waals surface area contributed by atoms with E-state index in [1.165, 1.54) is 0 Å². The normalized spacial score (nSPS) is 11.8. The van der Waals surface area contributed by atoms with Crippen molar-refractivity contribution in [3.05, 3.63) is 58.3 Å². The lowest BCUT2D eigenvalue weighted by Gasteiger charge is -2.29. The third-order valence-electron chi connectivity index (χ3n) is 4.71. The van der Waals surface area contributed by atoms with Crippen LogP contribution in [0.25, 0.3) is 0 Å². The molecule has 0 saturated carbocycles. The van der Waals surface area contributed by atoms with Gasteiger partial charge in [-0.3, -0.25) is 9.59 Å². The number of hydrogen-bond donors (Lipinski definition) is 0. The molecule has 1 aromatic heterocycles. The summed E-state index contributed by atoms with van der Waals surface area (Å²) in [4.78, 5) is 30.2. The largest absolute Gasteiger partial charge is 0.333 e. The van der Waals surface area contributed by atoms with E-state index in [-0.39, 0.29) is 18.4 Å². The van der Waals surface area contributed by atoms with Gasteiger partial charge in [0.1, 0.15) is 0 Å². The Hall–Kier alpha value is -2.14. The summed E-state index contributed by atoms with van der Waals surface area (Å²) >= 11 is 1.65. The molecule has 0 radical (unpaired) electrons. The zero-order valence-electron chi connectivity index (χ0n) is 16.6. The van der Waals surface area contributed by atoms with E-state index in [0.717, 1.165) is 16.9 Å². The lowest BCUT2D eigenvalue weighted by molar-refractivity contribution is -0.141. The zero-order chi connectivity index (χ0) is 19.6. The maximum atomic E-state index is 13.1. The fraction of sp³-hybridized carbons (Fsp3) is 0.455. The highest BCUT2D eigenvalue weighted by molar-refractivity contribution is 7.09. The summed E-state index contributed by atoms with van der Waals surface area (Å²) in [5.74, 6) is 0.421. The first kappa shape index (κ1) is 21.2. The highest BCUT2D eigenvalue weighted by Gasteiger charge is 2.22. The van der Waals surface area contributed by atoms with Crippen molar-refractivity contribution in [3.8, 4) is 0 Å². The van der Waals surface area contributed by atoms with Gasteiger partial charge in [0, 0.05) is 24.4 Å². The number of thiophene rings is 1. The highest BCUT2D eigenvalue weighted by atomic mass is 32.1. The molecule has 0 unspecified atom stereocenters. The molecule has 0 fully saturated rings. The summed E-state index contributed by atoms with van der Waals surface area (Å²) in [5, 5.41) is 2.02. The average Bonchev–Trinajstić information content (AvgIpc) is 3.20. The molecule has 1 heterocycles. The third kappa shape index (κ3) is 6.83.